The van der Waals surface area contributed by atoms with Gasteiger partial charge in [-0.25, -0.2) is 0 Å². The van der Waals surface area contributed by atoms with Crippen LogP contribution in [0.5, 0.6) is 0 Å². The molecule has 1 atom stereocenters. The van der Waals surface area contributed by atoms with Gasteiger partial charge in [0.1, 0.15) is 6.04 Å². The van der Waals surface area contributed by atoms with Gasteiger partial charge in [0.2, 0.25) is 11.8 Å². The Kier molecular flexibility index (Phi) is 6.87. The van der Waals surface area contributed by atoms with Crippen molar-refractivity contribution < 1.29 is 9.59 Å². The largest absolute Gasteiger partial charge is 0.357 e. The van der Waals surface area contributed by atoms with Gasteiger partial charge in [-0.05, 0) is 12.5 Å². The number of carbonyl (C=O) groups excluding carboxylic acids is 2. The average molecular weight is 292 g/mol. The van der Waals surface area contributed by atoms with Gasteiger partial charge >= 0.3 is 0 Å². The molecule has 0 radical (unpaired) electrons. The van der Waals surface area contributed by atoms with E-state index in [1.54, 1.807) is 7.05 Å². The molecule has 0 aromatic heterocycles. The number of hydrogen-bond acceptors (Lipinski definition) is 3. The van der Waals surface area contributed by atoms with Crippen LogP contribution < -0.4 is 10.6 Å². The second-order valence-corrected chi connectivity index (χ2v) is 5.46. The third kappa shape index (κ3) is 5.48. The van der Waals surface area contributed by atoms with Crippen molar-refractivity contribution in [3.8, 4) is 0 Å². The number of hydrogen-bond donors (Lipinski definition) is 2. The molecule has 108 valence electrons. The molecule has 0 heterocycles. The Morgan fingerprint density at radius 2 is 1.90 bits per heavy atom. The molecular formula is C15H20N2O2S. The summed E-state index contributed by atoms with van der Waals surface area (Å²) in [6.45, 7) is 5.70. The number of likely N-dealkylation sites (N-methyl/N-ethyl adjacent to an activating group) is 1. The summed E-state index contributed by atoms with van der Waals surface area (Å²) in [5.74, 6) is 0.666. The van der Waals surface area contributed by atoms with E-state index >= 15 is 0 Å². The van der Waals surface area contributed by atoms with Crippen LogP contribution in [0.3, 0.4) is 0 Å². The van der Waals surface area contributed by atoms with Crippen molar-refractivity contribution in [2.75, 3.05) is 18.6 Å². The summed E-state index contributed by atoms with van der Waals surface area (Å²) in [5.41, 5.74) is 1.79. The van der Waals surface area contributed by atoms with E-state index in [0.717, 1.165) is 16.9 Å². The molecule has 1 unspecified atom stereocenters. The lowest BCUT2D eigenvalue weighted by atomic mass is 10.1. The fourth-order valence-corrected chi connectivity index (χ4v) is 2.33. The molecule has 0 spiro atoms. The Balaban J connectivity index is 2.64. The zero-order valence-corrected chi connectivity index (χ0v) is 12.6. The summed E-state index contributed by atoms with van der Waals surface area (Å²) in [5, 5.41) is 5.32. The summed E-state index contributed by atoms with van der Waals surface area (Å²) in [6.07, 6.45) is 0. The lowest BCUT2D eigenvalue weighted by molar-refractivity contribution is -0.127. The highest BCUT2D eigenvalue weighted by Crippen LogP contribution is 2.13. The van der Waals surface area contributed by atoms with E-state index in [2.05, 4.69) is 17.2 Å². The first-order chi connectivity index (χ1) is 9.54. The lowest BCUT2D eigenvalue weighted by Crippen LogP contribution is -2.39. The number of carbonyl (C=O) groups is 2. The monoisotopic (exact) mass is 292 g/mol. The molecule has 0 aliphatic heterocycles. The van der Waals surface area contributed by atoms with Gasteiger partial charge in [-0.1, -0.05) is 42.5 Å². The first-order valence-corrected chi connectivity index (χ1v) is 7.48. The smallest absolute Gasteiger partial charge is 0.246 e. The van der Waals surface area contributed by atoms with Crippen molar-refractivity contribution in [3.63, 3.8) is 0 Å². The van der Waals surface area contributed by atoms with Crippen LogP contribution >= 0.6 is 11.8 Å². The van der Waals surface area contributed by atoms with E-state index in [4.69, 9.17) is 0 Å². The molecule has 0 saturated heterocycles. The molecule has 1 rings (SSSR count). The van der Waals surface area contributed by atoms with Gasteiger partial charge in [0.25, 0.3) is 0 Å². The number of nitrogens with one attached hydrogen (secondary N) is 2. The highest BCUT2D eigenvalue weighted by Gasteiger charge is 2.21. The fraction of sp³-hybridized carbons (Fsp3) is 0.333. The second kappa shape index (κ2) is 8.43. The van der Waals surface area contributed by atoms with Gasteiger partial charge in [0.15, 0.2) is 0 Å². The number of amides is 2. The zero-order chi connectivity index (χ0) is 15.0. The van der Waals surface area contributed by atoms with Gasteiger partial charge in [-0.2, -0.15) is 0 Å². The zero-order valence-electron chi connectivity index (χ0n) is 11.8. The van der Waals surface area contributed by atoms with Crippen molar-refractivity contribution in [2.45, 2.75) is 13.0 Å². The predicted molar refractivity (Wildman–Crippen MR) is 83.5 cm³/mol. The van der Waals surface area contributed by atoms with Gasteiger partial charge in [0.05, 0.1) is 5.75 Å². The molecule has 5 heteroatoms. The molecule has 2 N–H and O–H groups in total. The van der Waals surface area contributed by atoms with Crippen LogP contribution in [0.25, 0.3) is 0 Å². The number of benzene rings is 1. The third-order valence-electron chi connectivity index (χ3n) is 2.53. The number of thioether (sulfide) groups is 1. The number of rotatable bonds is 7. The van der Waals surface area contributed by atoms with Crippen molar-refractivity contribution in [1.82, 2.24) is 10.6 Å². The van der Waals surface area contributed by atoms with Gasteiger partial charge in [-0.15, -0.1) is 11.8 Å². The minimum atomic E-state index is -0.654. The van der Waals surface area contributed by atoms with Crippen LogP contribution in [0.2, 0.25) is 0 Å². The van der Waals surface area contributed by atoms with E-state index in [0.29, 0.717) is 5.75 Å². The Hall–Kier alpha value is -1.75. The quantitative estimate of drug-likeness (QED) is 0.755. The summed E-state index contributed by atoms with van der Waals surface area (Å²) in [4.78, 5) is 23.8. The predicted octanol–water partition coefficient (Wildman–Crippen LogP) is 1.90. The van der Waals surface area contributed by atoms with E-state index in [9.17, 15) is 9.59 Å². The first kappa shape index (κ1) is 16.3. The molecule has 0 bridgehead atoms. The standard InChI is InChI=1S/C15H20N2O2S/c1-11(2)9-20-10-13(18)17-14(15(19)16-3)12-7-5-4-6-8-12/h4-8,14H,1,9-10H2,2-3H3,(H,16,19)(H,17,18). The Morgan fingerprint density at radius 1 is 1.25 bits per heavy atom. The summed E-state index contributed by atoms with van der Waals surface area (Å²) in [7, 11) is 1.56. The normalized spacial score (nSPS) is 11.5. The molecule has 4 nitrogen and oxygen atoms in total. The maximum atomic E-state index is 11.9. The molecule has 1 aromatic carbocycles. The Labute approximate surface area is 124 Å². The van der Waals surface area contributed by atoms with E-state index in [-0.39, 0.29) is 11.8 Å². The average Bonchev–Trinajstić information content (AvgIpc) is 2.44. The van der Waals surface area contributed by atoms with Gasteiger partial charge in [-0.3, -0.25) is 9.59 Å². The molecule has 2 amide bonds. The summed E-state index contributed by atoms with van der Waals surface area (Å²) in [6, 6.07) is 8.54. The van der Waals surface area contributed by atoms with Crippen LogP contribution in [-0.4, -0.2) is 30.4 Å². The molecule has 1 aromatic rings. The van der Waals surface area contributed by atoms with Crippen molar-refractivity contribution in [2.24, 2.45) is 0 Å². The molecule has 0 aliphatic rings. The second-order valence-electron chi connectivity index (χ2n) is 4.48. The first-order valence-electron chi connectivity index (χ1n) is 6.32. The topological polar surface area (TPSA) is 58.2 Å². The van der Waals surface area contributed by atoms with Crippen LogP contribution in [-0.2, 0) is 9.59 Å². The van der Waals surface area contributed by atoms with E-state index in [1.165, 1.54) is 11.8 Å². The highest BCUT2D eigenvalue weighted by atomic mass is 32.2. The fourth-order valence-electron chi connectivity index (χ4n) is 1.61. The molecule has 20 heavy (non-hydrogen) atoms. The lowest BCUT2D eigenvalue weighted by Gasteiger charge is -2.17. The minimum absolute atomic E-state index is 0.159. The van der Waals surface area contributed by atoms with Gasteiger partial charge in [0, 0.05) is 12.8 Å². The third-order valence-corrected chi connectivity index (χ3v) is 3.69. The SMILES string of the molecule is C=C(C)CSCC(=O)NC(C(=O)NC)c1ccccc1. The Bertz CT molecular complexity index is 474. The van der Waals surface area contributed by atoms with Crippen molar-refractivity contribution in [1.29, 1.82) is 0 Å². The van der Waals surface area contributed by atoms with Crippen LogP contribution in [0.1, 0.15) is 18.5 Å². The minimum Gasteiger partial charge on any atom is -0.357 e. The molecule has 0 aliphatic carbocycles. The maximum absolute atomic E-state index is 11.9. The summed E-state index contributed by atoms with van der Waals surface area (Å²) >= 11 is 1.48. The summed E-state index contributed by atoms with van der Waals surface area (Å²) < 4.78 is 0. The van der Waals surface area contributed by atoms with Crippen LogP contribution in [0.4, 0.5) is 0 Å². The van der Waals surface area contributed by atoms with Crippen LogP contribution in [0.15, 0.2) is 42.5 Å². The Morgan fingerprint density at radius 3 is 2.45 bits per heavy atom. The van der Waals surface area contributed by atoms with Crippen molar-refractivity contribution in [3.05, 3.63) is 48.0 Å². The maximum Gasteiger partial charge on any atom is 0.246 e. The molecule has 0 fully saturated rings. The van der Waals surface area contributed by atoms with Gasteiger partial charge < -0.3 is 10.6 Å². The molecule has 0 saturated carbocycles. The van der Waals surface area contributed by atoms with Crippen LogP contribution in [0, 0.1) is 0 Å². The molecular weight excluding hydrogens is 272 g/mol. The highest BCUT2D eigenvalue weighted by molar-refractivity contribution is 8.00. The van der Waals surface area contributed by atoms with E-state index < -0.39 is 6.04 Å². The van der Waals surface area contributed by atoms with Crippen molar-refractivity contribution >= 4 is 23.6 Å². The van der Waals surface area contributed by atoms with E-state index in [1.807, 2.05) is 37.3 Å².